The third-order valence-electron chi connectivity index (χ3n) is 4.94. The molecule has 6 heteroatoms. The Labute approximate surface area is 155 Å². The van der Waals surface area contributed by atoms with Crippen molar-refractivity contribution in [1.82, 2.24) is 9.97 Å². The molecule has 3 aromatic rings. The molecule has 0 saturated carbocycles. The summed E-state index contributed by atoms with van der Waals surface area (Å²) in [5, 5.41) is 3.27. The number of hydrogen-bond acceptors (Lipinski definition) is 3. The minimum atomic E-state index is -0.0689. The fourth-order valence-electron chi connectivity index (χ4n) is 3.75. The summed E-state index contributed by atoms with van der Waals surface area (Å²) in [6.45, 7) is 5.39. The van der Waals surface area contributed by atoms with Gasteiger partial charge in [0.05, 0.1) is 18.5 Å². The van der Waals surface area contributed by atoms with Crippen molar-refractivity contribution in [2.24, 2.45) is 5.92 Å². The molecule has 2 atom stereocenters. The topological polar surface area (TPSA) is 50.2 Å². The first-order chi connectivity index (χ1) is 12.1. The molecule has 25 heavy (non-hydrogen) atoms. The normalized spacial score (nSPS) is 20.9. The number of quaternary nitrogens is 1. The number of nitrogens with one attached hydrogen (secondary N) is 2. The second-order valence-electron chi connectivity index (χ2n) is 6.95. The lowest BCUT2D eigenvalue weighted by Crippen LogP contribution is -3.12. The molecule has 1 saturated heterocycles. The average molecular weight is 375 g/mol. The second kappa shape index (κ2) is 6.90. The number of thiophene rings is 1. The molecule has 1 aliphatic rings. The number of halogens is 1. The van der Waals surface area contributed by atoms with Crippen molar-refractivity contribution in [2.45, 2.75) is 26.3 Å². The number of nitrogens with zero attached hydrogens (tertiary/aromatic N) is 1. The molecule has 1 aromatic carbocycles. The highest BCUT2D eigenvalue weighted by atomic mass is 35.5. The summed E-state index contributed by atoms with van der Waals surface area (Å²) < 4.78 is 0. The smallest absolute Gasteiger partial charge is 0.260 e. The van der Waals surface area contributed by atoms with Gasteiger partial charge < -0.3 is 9.88 Å². The maximum absolute atomic E-state index is 12.7. The monoisotopic (exact) mass is 374 g/mol. The first-order valence-electron chi connectivity index (χ1n) is 8.70. The van der Waals surface area contributed by atoms with Gasteiger partial charge in [-0.3, -0.25) is 4.79 Å². The molecule has 2 aromatic heterocycles. The molecule has 3 heterocycles. The molecule has 0 radical (unpaired) electrons. The lowest BCUT2D eigenvalue weighted by molar-refractivity contribution is -0.922. The molecule has 1 fully saturated rings. The Hall–Kier alpha value is -1.69. The van der Waals surface area contributed by atoms with E-state index in [1.54, 1.807) is 0 Å². The zero-order chi connectivity index (χ0) is 17.4. The van der Waals surface area contributed by atoms with Gasteiger partial charge in [-0.2, -0.15) is 0 Å². The van der Waals surface area contributed by atoms with Gasteiger partial charge in [0.15, 0.2) is 5.82 Å². The quantitative estimate of drug-likeness (QED) is 0.740. The summed E-state index contributed by atoms with van der Waals surface area (Å²) in [5.74, 6) is 1.53. The number of H-pyrrole nitrogens is 1. The van der Waals surface area contributed by atoms with Crippen molar-refractivity contribution in [2.75, 3.05) is 13.1 Å². The summed E-state index contributed by atoms with van der Waals surface area (Å²) in [7, 11) is 0. The van der Waals surface area contributed by atoms with Crippen LogP contribution in [-0.2, 0) is 6.54 Å². The highest BCUT2D eigenvalue weighted by Gasteiger charge is 2.22. The first-order valence-corrected chi connectivity index (χ1v) is 9.96. The SMILES string of the molecule is C[C@H]1CCC[NH+](Cc2nc3scc(-c4ccccc4Cl)c3c(=O)[nH]2)C1. The zero-order valence-corrected chi connectivity index (χ0v) is 15.7. The van der Waals surface area contributed by atoms with Crippen LogP contribution in [0.5, 0.6) is 0 Å². The summed E-state index contributed by atoms with van der Waals surface area (Å²) in [5.41, 5.74) is 1.68. The van der Waals surface area contributed by atoms with Gasteiger partial charge in [0, 0.05) is 27.4 Å². The standard InChI is InChI=1S/C19H20ClN3OS/c1-12-5-4-8-23(9-12)10-16-21-18(24)17-14(11-25-19(17)22-16)13-6-2-3-7-15(13)20/h2-3,6-7,11-12H,4-5,8-10H2,1H3,(H,21,22,24)/p+1/t12-/m0/s1. The minimum Gasteiger partial charge on any atom is -0.328 e. The highest BCUT2D eigenvalue weighted by Crippen LogP contribution is 2.34. The van der Waals surface area contributed by atoms with E-state index in [2.05, 4.69) is 11.9 Å². The Bertz CT molecular complexity index is 965. The average Bonchev–Trinajstić information content (AvgIpc) is 2.99. The fourth-order valence-corrected chi connectivity index (χ4v) is 4.95. The zero-order valence-electron chi connectivity index (χ0n) is 14.1. The van der Waals surface area contributed by atoms with Crippen LogP contribution in [0.4, 0.5) is 0 Å². The van der Waals surface area contributed by atoms with Crippen LogP contribution in [0.1, 0.15) is 25.6 Å². The molecule has 2 N–H and O–H groups in total. The molecule has 0 amide bonds. The van der Waals surface area contributed by atoms with Crippen molar-refractivity contribution < 1.29 is 4.90 Å². The van der Waals surface area contributed by atoms with Crippen molar-refractivity contribution in [3.05, 3.63) is 50.8 Å². The lowest BCUT2D eigenvalue weighted by atomic mass is 10.0. The number of piperidine rings is 1. The molecule has 4 rings (SSSR count). The summed E-state index contributed by atoms with van der Waals surface area (Å²) in [4.78, 5) is 22.8. The Balaban J connectivity index is 1.70. The van der Waals surface area contributed by atoms with Crippen LogP contribution in [0.2, 0.25) is 5.02 Å². The number of benzene rings is 1. The van der Waals surface area contributed by atoms with E-state index in [4.69, 9.17) is 16.6 Å². The fraction of sp³-hybridized carbons (Fsp3) is 0.368. The van der Waals surface area contributed by atoms with Crippen LogP contribution >= 0.6 is 22.9 Å². The van der Waals surface area contributed by atoms with Gasteiger partial charge in [0.1, 0.15) is 11.4 Å². The Kier molecular flexibility index (Phi) is 4.63. The van der Waals surface area contributed by atoms with Gasteiger partial charge >= 0.3 is 0 Å². The van der Waals surface area contributed by atoms with Gasteiger partial charge in [0.25, 0.3) is 5.56 Å². The Morgan fingerprint density at radius 2 is 2.20 bits per heavy atom. The predicted molar refractivity (Wildman–Crippen MR) is 103 cm³/mol. The Morgan fingerprint density at radius 1 is 1.36 bits per heavy atom. The summed E-state index contributed by atoms with van der Waals surface area (Å²) >= 11 is 7.82. The van der Waals surface area contributed by atoms with E-state index in [0.717, 1.165) is 47.3 Å². The second-order valence-corrected chi connectivity index (χ2v) is 8.22. The van der Waals surface area contributed by atoms with E-state index in [1.807, 2.05) is 29.6 Å². The number of fused-ring (bicyclic) bond motifs is 1. The molecule has 4 nitrogen and oxygen atoms in total. The van der Waals surface area contributed by atoms with Crippen molar-refractivity contribution in [3.8, 4) is 11.1 Å². The van der Waals surface area contributed by atoms with Crippen molar-refractivity contribution in [1.29, 1.82) is 0 Å². The third-order valence-corrected chi connectivity index (χ3v) is 6.14. The van der Waals surface area contributed by atoms with E-state index in [0.29, 0.717) is 10.4 Å². The number of aromatic amines is 1. The summed E-state index contributed by atoms with van der Waals surface area (Å²) in [6.07, 6.45) is 2.55. The molecule has 130 valence electrons. The van der Waals surface area contributed by atoms with Crippen LogP contribution in [0.15, 0.2) is 34.4 Å². The van der Waals surface area contributed by atoms with Crippen LogP contribution in [-0.4, -0.2) is 23.1 Å². The van der Waals surface area contributed by atoms with Crippen molar-refractivity contribution >= 4 is 33.2 Å². The van der Waals surface area contributed by atoms with Gasteiger partial charge in [0.2, 0.25) is 0 Å². The number of rotatable bonds is 3. The van der Waals surface area contributed by atoms with Crippen LogP contribution < -0.4 is 10.5 Å². The van der Waals surface area contributed by atoms with E-state index in [9.17, 15) is 4.79 Å². The van der Waals surface area contributed by atoms with Gasteiger partial charge in [-0.15, -0.1) is 11.3 Å². The maximum atomic E-state index is 12.7. The van der Waals surface area contributed by atoms with Crippen LogP contribution in [0, 0.1) is 5.92 Å². The molecule has 0 aliphatic carbocycles. The lowest BCUT2D eigenvalue weighted by Gasteiger charge is -2.27. The van der Waals surface area contributed by atoms with Gasteiger partial charge in [-0.05, 0) is 18.9 Å². The number of aromatic nitrogens is 2. The molecular weight excluding hydrogens is 354 g/mol. The number of hydrogen-bond donors (Lipinski definition) is 2. The molecule has 1 unspecified atom stereocenters. The molecule has 1 aliphatic heterocycles. The van der Waals surface area contributed by atoms with E-state index < -0.39 is 0 Å². The van der Waals surface area contributed by atoms with E-state index in [-0.39, 0.29) is 5.56 Å². The largest absolute Gasteiger partial charge is 0.328 e. The predicted octanol–water partition coefficient (Wildman–Crippen LogP) is 3.12. The van der Waals surface area contributed by atoms with Gasteiger partial charge in [-0.1, -0.05) is 36.7 Å². The van der Waals surface area contributed by atoms with Crippen LogP contribution in [0.3, 0.4) is 0 Å². The molecular formula is C19H21ClN3OS+. The summed E-state index contributed by atoms with van der Waals surface area (Å²) in [6, 6.07) is 7.61. The maximum Gasteiger partial charge on any atom is 0.260 e. The Morgan fingerprint density at radius 3 is 3.00 bits per heavy atom. The van der Waals surface area contributed by atoms with Gasteiger partial charge in [-0.25, -0.2) is 4.98 Å². The molecule has 0 spiro atoms. The third kappa shape index (κ3) is 3.36. The first kappa shape index (κ1) is 16.8. The van der Waals surface area contributed by atoms with Crippen molar-refractivity contribution in [3.63, 3.8) is 0 Å². The minimum absolute atomic E-state index is 0.0689. The van der Waals surface area contributed by atoms with E-state index in [1.165, 1.54) is 29.1 Å². The highest BCUT2D eigenvalue weighted by molar-refractivity contribution is 7.17. The number of likely N-dealkylation sites (tertiary alicyclic amines) is 1. The molecule has 0 bridgehead atoms. The van der Waals surface area contributed by atoms with Crippen LogP contribution in [0.25, 0.3) is 21.3 Å². The van der Waals surface area contributed by atoms with E-state index >= 15 is 0 Å².